The van der Waals surface area contributed by atoms with Crippen molar-refractivity contribution < 1.29 is 14.3 Å². The molecule has 1 heterocycles. The van der Waals surface area contributed by atoms with Gasteiger partial charge in [0.2, 0.25) is 0 Å². The summed E-state index contributed by atoms with van der Waals surface area (Å²) in [7, 11) is 0. The highest BCUT2D eigenvalue weighted by Crippen LogP contribution is 2.27. The number of hydrogen-bond donors (Lipinski definition) is 2. The molecule has 132 valence electrons. The van der Waals surface area contributed by atoms with Gasteiger partial charge >= 0.3 is 6.03 Å². The number of hydrogen-bond acceptors (Lipinski definition) is 4. The van der Waals surface area contributed by atoms with E-state index in [1.54, 1.807) is 0 Å². The summed E-state index contributed by atoms with van der Waals surface area (Å²) in [5.74, 6) is 0.654. The third-order valence-corrected chi connectivity index (χ3v) is 3.94. The number of benzene rings is 2. The van der Waals surface area contributed by atoms with Crippen molar-refractivity contribution in [2.75, 3.05) is 48.4 Å². The van der Waals surface area contributed by atoms with Crippen molar-refractivity contribution in [2.24, 2.45) is 0 Å². The van der Waals surface area contributed by atoms with E-state index in [4.69, 9.17) is 9.47 Å². The van der Waals surface area contributed by atoms with Crippen molar-refractivity contribution in [2.45, 2.75) is 6.92 Å². The molecule has 1 aliphatic rings. The Kier molecular flexibility index (Phi) is 5.74. The van der Waals surface area contributed by atoms with Gasteiger partial charge in [-0.25, -0.2) is 4.79 Å². The molecule has 2 aromatic rings. The topological polar surface area (TPSA) is 62.8 Å². The molecule has 0 saturated carbocycles. The van der Waals surface area contributed by atoms with Crippen molar-refractivity contribution in [3.8, 4) is 5.75 Å². The van der Waals surface area contributed by atoms with Crippen LogP contribution in [0.4, 0.5) is 21.9 Å². The molecule has 6 nitrogen and oxygen atoms in total. The number of rotatable bonds is 5. The smallest absolute Gasteiger partial charge is 0.323 e. The Hall–Kier alpha value is -2.73. The first-order valence-corrected chi connectivity index (χ1v) is 8.49. The number of amides is 2. The van der Waals surface area contributed by atoms with E-state index in [0.29, 0.717) is 31.3 Å². The van der Waals surface area contributed by atoms with Gasteiger partial charge in [-0.1, -0.05) is 24.3 Å². The molecule has 2 N–H and O–H groups in total. The normalized spacial score (nSPS) is 14.0. The van der Waals surface area contributed by atoms with Gasteiger partial charge < -0.3 is 25.0 Å². The van der Waals surface area contributed by atoms with Crippen LogP contribution >= 0.6 is 0 Å². The van der Waals surface area contributed by atoms with Gasteiger partial charge in [0.15, 0.2) is 0 Å². The van der Waals surface area contributed by atoms with Gasteiger partial charge in [0.05, 0.1) is 36.9 Å². The van der Waals surface area contributed by atoms with E-state index in [1.807, 2.05) is 55.5 Å². The van der Waals surface area contributed by atoms with Crippen LogP contribution in [0.25, 0.3) is 0 Å². The number of morpholine rings is 1. The first-order valence-electron chi connectivity index (χ1n) is 8.49. The van der Waals surface area contributed by atoms with Crippen LogP contribution in [0, 0.1) is 0 Å². The summed E-state index contributed by atoms with van der Waals surface area (Å²) >= 11 is 0. The summed E-state index contributed by atoms with van der Waals surface area (Å²) in [6.45, 7) is 5.47. The Labute approximate surface area is 147 Å². The fourth-order valence-corrected chi connectivity index (χ4v) is 2.79. The molecule has 0 aromatic heterocycles. The van der Waals surface area contributed by atoms with Gasteiger partial charge in [0.25, 0.3) is 0 Å². The van der Waals surface area contributed by atoms with Crippen LogP contribution in [0.2, 0.25) is 0 Å². The second-order valence-electron chi connectivity index (χ2n) is 5.62. The highest BCUT2D eigenvalue weighted by Gasteiger charge is 2.16. The number of carbonyl (C=O) groups excluding carboxylic acids is 1. The van der Waals surface area contributed by atoms with E-state index >= 15 is 0 Å². The lowest BCUT2D eigenvalue weighted by Crippen LogP contribution is -2.37. The molecule has 2 amide bonds. The molecule has 0 spiro atoms. The Morgan fingerprint density at radius 3 is 2.44 bits per heavy atom. The molecular weight excluding hydrogens is 318 g/mol. The van der Waals surface area contributed by atoms with Crippen LogP contribution in [0.5, 0.6) is 5.75 Å². The SMILES string of the molecule is CCOc1ccccc1NC(=O)Nc1ccccc1N1CCOCC1. The fourth-order valence-electron chi connectivity index (χ4n) is 2.79. The van der Waals surface area contributed by atoms with Crippen LogP contribution < -0.4 is 20.3 Å². The van der Waals surface area contributed by atoms with E-state index < -0.39 is 0 Å². The maximum Gasteiger partial charge on any atom is 0.323 e. The molecule has 3 rings (SSSR count). The summed E-state index contributed by atoms with van der Waals surface area (Å²) in [5.41, 5.74) is 2.42. The average molecular weight is 341 g/mol. The summed E-state index contributed by atoms with van der Waals surface area (Å²) in [6, 6.07) is 14.9. The summed E-state index contributed by atoms with van der Waals surface area (Å²) in [5, 5.41) is 5.79. The second-order valence-corrected chi connectivity index (χ2v) is 5.62. The third-order valence-electron chi connectivity index (χ3n) is 3.94. The Bertz CT molecular complexity index is 715. The van der Waals surface area contributed by atoms with E-state index in [-0.39, 0.29) is 6.03 Å². The first kappa shape index (κ1) is 17.1. The Morgan fingerprint density at radius 2 is 1.68 bits per heavy atom. The minimum Gasteiger partial charge on any atom is -0.492 e. The monoisotopic (exact) mass is 341 g/mol. The number of nitrogens with zero attached hydrogens (tertiary/aromatic N) is 1. The summed E-state index contributed by atoms with van der Waals surface area (Å²) in [4.78, 5) is 14.7. The number of urea groups is 1. The van der Waals surface area contributed by atoms with Crippen LogP contribution in [0.1, 0.15) is 6.92 Å². The first-order chi connectivity index (χ1) is 12.3. The molecule has 1 fully saturated rings. The molecule has 0 atom stereocenters. The maximum absolute atomic E-state index is 12.5. The number of anilines is 3. The molecule has 0 unspecified atom stereocenters. The van der Waals surface area contributed by atoms with E-state index in [2.05, 4.69) is 15.5 Å². The van der Waals surface area contributed by atoms with Gasteiger partial charge in [0.1, 0.15) is 5.75 Å². The molecule has 25 heavy (non-hydrogen) atoms. The van der Waals surface area contributed by atoms with Gasteiger partial charge in [-0.05, 0) is 31.2 Å². The van der Waals surface area contributed by atoms with E-state index in [1.165, 1.54) is 0 Å². The predicted octanol–water partition coefficient (Wildman–Crippen LogP) is 3.57. The molecule has 1 aliphatic heterocycles. The van der Waals surface area contributed by atoms with Crippen molar-refractivity contribution >= 4 is 23.1 Å². The lowest BCUT2D eigenvalue weighted by molar-refractivity contribution is 0.123. The molecule has 2 aromatic carbocycles. The molecule has 0 bridgehead atoms. The lowest BCUT2D eigenvalue weighted by Gasteiger charge is -2.30. The number of nitrogens with one attached hydrogen (secondary N) is 2. The zero-order valence-corrected chi connectivity index (χ0v) is 14.3. The lowest BCUT2D eigenvalue weighted by atomic mass is 10.2. The van der Waals surface area contributed by atoms with Gasteiger partial charge in [-0.2, -0.15) is 0 Å². The molecule has 1 saturated heterocycles. The van der Waals surface area contributed by atoms with Gasteiger partial charge in [0, 0.05) is 13.1 Å². The summed E-state index contributed by atoms with van der Waals surface area (Å²) in [6.07, 6.45) is 0. The maximum atomic E-state index is 12.5. The minimum absolute atomic E-state index is 0.298. The fraction of sp³-hybridized carbons (Fsp3) is 0.316. The molecule has 0 radical (unpaired) electrons. The molecular formula is C19H23N3O3. The Balaban J connectivity index is 1.71. The van der Waals surface area contributed by atoms with Crippen molar-refractivity contribution in [3.63, 3.8) is 0 Å². The minimum atomic E-state index is -0.298. The average Bonchev–Trinajstić information content (AvgIpc) is 2.65. The van der Waals surface area contributed by atoms with E-state index in [9.17, 15) is 4.79 Å². The van der Waals surface area contributed by atoms with Crippen LogP contribution in [-0.2, 0) is 4.74 Å². The zero-order chi connectivity index (χ0) is 17.5. The Morgan fingerprint density at radius 1 is 1.04 bits per heavy atom. The van der Waals surface area contributed by atoms with Crippen LogP contribution in [0.15, 0.2) is 48.5 Å². The molecule has 6 heteroatoms. The van der Waals surface area contributed by atoms with Crippen molar-refractivity contribution in [3.05, 3.63) is 48.5 Å². The quantitative estimate of drug-likeness (QED) is 0.873. The number of carbonyl (C=O) groups is 1. The molecule has 0 aliphatic carbocycles. The van der Waals surface area contributed by atoms with Crippen LogP contribution in [-0.4, -0.2) is 38.9 Å². The number of para-hydroxylation sites is 4. The summed E-state index contributed by atoms with van der Waals surface area (Å²) < 4.78 is 10.9. The van der Waals surface area contributed by atoms with Crippen molar-refractivity contribution in [1.29, 1.82) is 0 Å². The predicted molar refractivity (Wildman–Crippen MR) is 99.7 cm³/mol. The van der Waals surface area contributed by atoms with E-state index in [0.717, 1.165) is 24.5 Å². The second kappa shape index (κ2) is 8.39. The highest BCUT2D eigenvalue weighted by molar-refractivity contribution is 6.02. The zero-order valence-electron chi connectivity index (χ0n) is 14.3. The standard InChI is InChI=1S/C19H23N3O3/c1-2-25-18-10-6-4-8-16(18)21-19(23)20-15-7-3-5-9-17(15)22-11-13-24-14-12-22/h3-10H,2,11-14H2,1H3,(H2,20,21,23). The van der Waals surface area contributed by atoms with Crippen LogP contribution in [0.3, 0.4) is 0 Å². The van der Waals surface area contributed by atoms with Gasteiger partial charge in [-0.15, -0.1) is 0 Å². The number of ether oxygens (including phenoxy) is 2. The van der Waals surface area contributed by atoms with Crippen molar-refractivity contribution in [1.82, 2.24) is 0 Å². The van der Waals surface area contributed by atoms with Gasteiger partial charge in [-0.3, -0.25) is 0 Å². The third kappa shape index (κ3) is 4.42. The largest absolute Gasteiger partial charge is 0.492 e. The highest BCUT2D eigenvalue weighted by atomic mass is 16.5.